The highest BCUT2D eigenvalue weighted by Gasteiger charge is 2.34. The van der Waals surface area contributed by atoms with E-state index in [2.05, 4.69) is 20.7 Å². The Bertz CT molecular complexity index is 1130. The summed E-state index contributed by atoms with van der Waals surface area (Å²) in [6.07, 6.45) is -3.16. The highest BCUT2D eigenvalue weighted by atomic mass is 35.5. The van der Waals surface area contributed by atoms with E-state index in [1.807, 2.05) is 41.5 Å². The number of nitrogens with one attached hydrogen (secondary N) is 3. The van der Waals surface area contributed by atoms with E-state index >= 15 is 0 Å². The topological polar surface area (TPSA) is 74.2 Å². The zero-order valence-electron chi connectivity index (χ0n) is 18.1. The lowest BCUT2D eigenvalue weighted by molar-refractivity contribution is -0.137. The highest BCUT2D eigenvalue weighted by Crippen LogP contribution is 2.36. The first-order valence-electron chi connectivity index (χ1n) is 9.64. The second-order valence-electron chi connectivity index (χ2n) is 9.43. The van der Waals surface area contributed by atoms with Crippen LogP contribution in [0.4, 0.5) is 24.7 Å². The number of benzene rings is 1. The molecule has 1 aromatic carbocycles. The van der Waals surface area contributed by atoms with Crippen LogP contribution in [-0.4, -0.2) is 26.0 Å². The van der Waals surface area contributed by atoms with E-state index in [9.17, 15) is 18.0 Å². The summed E-state index contributed by atoms with van der Waals surface area (Å²) in [5, 5.41) is 8.49. The summed E-state index contributed by atoms with van der Waals surface area (Å²) in [5.74, 6) is 0.134. The molecule has 0 radical (unpaired) electrons. The highest BCUT2D eigenvalue weighted by molar-refractivity contribution is 6.31. The molecule has 2 heterocycles. The SMILES string of the molecule is CC(C)(C)Nc1c(C(C)(C)C)nc2c(C(=O)Nc3ccc(Cl)c(C(F)(F)F)c3)c[nH]n12. The molecule has 0 aliphatic rings. The fourth-order valence-electron chi connectivity index (χ4n) is 3.10. The number of hydrogen-bond donors (Lipinski definition) is 3. The molecule has 0 spiro atoms. The van der Waals surface area contributed by atoms with Crippen LogP contribution in [0, 0.1) is 0 Å². The maximum Gasteiger partial charge on any atom is 0.417 e. The number of alkyl halides is 3. The number of fused-ring (bicyclic) bond motifs is 1. The standard InChI is InChI=1S/C21H25ClF3N5O/c1-19(2,3)15-17(29-20(4,5)6)30-16(28-15)12(10-26-30)18(31)27-11-7-8-14(22)13(9-11)21(23,24)25/h7-10,26,29H,1-6H3,(H,27,31). The Labute approximate surface area is 183 Å². The Kier molecular flexibility index (Phi) is 5.54. The van der Waals surface area contributed by atoms with Crippen LogP contribution in [0.15, 0.2) is 24.4 Å². The number of hydrogen-bond acceptors (Lipinski definition) is 3. The molecule has 3 rings (SSSR count). The van der Waals surface area contributed by atoms with E-state index in [4.69, 9.17) is 11.6 Å². The van der Waals surface area contributed by atoms with E-state index in [1.54, 1.807) is 4.52 Å². The molecule has 0 atom stereocenters. The Hall–Kier alpha value is -2.68. The van der Waals surface area contributed by atoms with Crippen LogP contribution in [0.2, 0.25) is 5.02 Å². The van der Waals surface area contributed by atoms with Gasteiger partial charge in [0.15, 0.2) is 11.5 Å². The van der Waals surface area contributed by atoms with Crippen LogP contribution in [0.5, 0.6) is 0 Å². The van der Waals surface area contributed by atoms with E-state index in [0.29, 0.717) is 5.65 Å². The largest absolute Gasteiger partial charge is 0.417 e. The Morgan fingerprint density at radius 2 is 1.77 bits per heavy atom. The van der Waals surface area contributed by atoms with E-state index in [-0.39, 0.29) is 22.2 Å². The number of imidazole rings is 1. The molecule has 0 fully saturated rings. The van der Waals surface area contributed by atoms with Gasteiger partial charge in [-0.15, -0.1) is 0 Å². The van der Waals surface area contributed by atoms with Gasteiger partial charge >= 0.3 is 6.18 Å². The summed E-state index contributed by atoms with van der Waals surface area (Å²) in [6.45, 7) is 12.1. The molecule has 0 saturated carbocycles. The van der Waals surface area contributed by atoms with Crippen molar-refractivity contribution in [3.63, 3.8) is 0 Å². The fraction of sp³-hybridized carbons (Fsp3) is 0.429. The maximum atomic E-state index is 13.1. The van der Waals surface area contributed by atoms with Crippen molar-refractivity contribution in [2.45, 2.75) is 58.7 Å². The first-order chi connectivity index (χ1) is 14.1. The molecular formula is C21H25ClF3N5O. The smallest absolute Gasteiger partial charge is 0.364 e. The molecule has 31 heavy (non-hydrogen) atoms. The molecule has 10 heteroatoms. The minimum atomic E-state index is -4.63. The number of aromatic amines is 1. The van der Waals surface area contributed by atoms with Gasteiger partial charge in [-0.05, 0) is 39.0 Å². The lowest BCUT2D eigenvalue weighted by atomic mass is 9.91. The third-order valence-corrected chi connectivity index (χ3v) is 4.76. The Morgan fingerprint density at radius 1 is 1.13 bits per heavy atom. The molecule has 0 bridgehead atoms. The number of carbonyl (C=O) groups is 1. The quantitative estimate of drug-likeness (QED) is 0.447. The van der Waals surface area contributed by atoms with Gasteiger partial charge in [-0.1, -0.05) is 32.4 Å². The van der Waals surface area contributed by atoms with Gasteiger partial charge in [-0.25, -0.2) is 9.50 Å². The van der Waals surface area contributed by atoms with E-state index < -0.39 is 22.7 Å². The van der Waals surface area contributed by atoms with Gasteiger partial charge in [0.1, 0.15) is 5.56 Å². The average molecular weight is 456 g/mol. The molecule has 0 saturated heterocycles. The van der Waals surface area contributed by atoms with Crippen molar-refractivity contribution in [1.82, 2.24) is 14.6 Å². The summed E-state index contributed by atoms with van der Waals surface area (Å²) < 4.78 is 41.0. The third-order valence-electron chi connectivity index (χ3n) is 4.43. The van der Waals surface area contributed by atoms with Gasteiger partial charge in [0, 0.05) is 22.8 Å². The zero-order valence-corrected chi connectivity index (χ0v) is 18.9. The van der Waals surface area contributed by atoms with Crippen LogP contribution in [0.1, 0.15) is 63.2 Å². The second-order valence-corrected chi connectivity index (χ2v) is 9.83. The van der Waals surface area contributed by atoms with Crippen LogP contribution in [0.3, 0.4) is 0 Å². The number of nitrogens with zero attached hydrogens (tertiary/aromatic N) is 2. The molecule has 0 aliphatic carbocycles. The number of amides is 1. The predicted octanol–water partition coefficient (Wildman–Crippen LogP) is 6.09. The van der Waals surface area contributed by atoms with Crippen molar-refractivity contribution in [3.8, 4) is 0 Å². The van der Waals surface area contributed by atoms with Crippen molar-refractivity contribution in [2.24, 2.45) is 0 Å². The second kappa shape index (κ2) is 7.47. The van der Waals surface area contributed by atoms with Crippen LogP contribution < -0.4 is 10.6 Å². The minimum Gasteiger partial charge on any atom is -0.364 e. The predicted molar refractivity (Wildman–Crippen MR) is 116 cm³/mol. The molecule has 0 aliphatic heterocycles. The maximum absolute atomic E-state index is 13.1. The molecule has 0 unspecified atom stereocenters. The van der Waals surface area contributed by atoms with Gasteiger partial charge in [0.05, 0.1) is 16.3 Å². The monoisotopic (exact) mass is 455 g/mol. The number of H-pyrrole nitrogens is 1. The number of anilines is 2. The molecule has 1 amide bonds. The van der Waals surface area contributed by atoms with Crippen LogP contribution in [-0.2, 0) is 11.6 Å². The third kappa shape index (κ3) is 4.81. The Morgan fingerprint density at radius 3 is 2.32 bits per heavy atom. The minimum absolute atomic E-state index is 0.0169. The molecule has 3 N–H and O–H groups in total. The first-order valence-corrected chi connectivity index (χ1v) is 10.0. The molecule has 6 nitrogen and oxygen atoms in total. The summed E-state index contributed by atoms with van der Waals surface area (Å²) in [6, 6.07) is 3.23. The number of halogens is 4. The number of carbonyl (C=O) groups excluding carboxylic acids is 1. The van der Waals surface area contributed by atoms with Crippen LogP contribution in [0.25, 0.3) is 5.65 Å². The summed E-state index contributed by atoms with van der Waals surface area (Å²) in [7, 11) is 0. The van der Waals surface area contributed by atoms with Gasteiger partial charge in [-0.2, -0.15) is 13.2 Å². The zero-order chi connectivity index (χ0) is 23.4. The molecule has 168 valence electrons. The van der Waals surface area contributed by atoms with Crippen molar-refractivity contribution >= 4 is 34.7 Å². The van der Waals surface area contributed by atoms with E-state index in [1.165, 1.54) is 12.3 Å². The van der Waals surface area contributed by atoms with Crippen molar-refractivity contribution < 1.29 is 18.0 Å². The van der Waals surface area contributed by atoms with Gasteiger partial charge in [0.25, 0.3) is 5.91 Å². The lowest BCUT2D eigenvalue weighted by Gasteiger charge is -2.25. The number of aromatic nitrogens is 3. The summed E-state index contributed by atoms with van der Waals surface area (Å²) in [5.41, 5.74) is -0.271. The van der Waals surface area contributed by atoms with Crippen molar-refractivity contribution in [1.29, 1.82) is 0 Å². The van der Waals surface area contributed by atoms with Crippen molar-refractivity contribution in [2.75, 3.05) is 10.6 Å². The fourth-order valence-corrected chi connectivity index (χ4v) is 3.32. The summed E-state index contributed by atoms with van der Waals surface area (Å²) in [4.78, 5) is 17.5. The number of rotatable bonds is 3. The Balaban J connectivity index is 2.01. The molecule has 3 aromatic rings. The van der Waals surface area contributed by atoms with Gasteiger partial charge in [-0.3, -0.25) is 9.89 Å². The van der Waals surface area contributed by atoms with Crippen molar-refractivity contribution in [3.05, 3.63) is 46.2 Å². The van der Waals surface area contributed by atoms with Gasteiger partial charge in [0.2, 0.25) is 0 Å². The first kappa shape index (κ1) is 23.0. The van der Waals surface area contributed by atoms with E-state index in [0.717, 1.165) is 23.6 Å². The normalized spacial score (nSPS) is 13.0. The van der Waals surface area contributed by atoms with Gasteiger partial charge < -0.3 is 10.6 Å². The van der Waals surface area contributed by atoms with Crippen LogP contribution >= 0.6 is 11.6 Å². The average Bonchev–Trinajstić information content (AvgIpc) is 3.14. The lowest BCUT2D eigenvalue weighted by Crippen LogP contribution is -2.29. The molecular weight excluding hydrogens is 431 g/mol. The summed E-state index contributed by atoms with van der Waals surface area (Å²) >= 11 is 5.65. The molecule has 2 aromatic heterocycles.